The summed E-state index contributed by atoms with van der Waals surface area (Å²) < 4.78 is 21.5. The molecule has 0 aromatic carbocycles. The molecule has 0 aliphatic heterocycles. The van der Waals surface area contributed by atoms with Gasteiger partial charge < -0.3 is 4.57 Å². The Morgan fingerprint density at radius 3 is 0.700 bits per heavy atom. The second-order valence-electron chi connectivity index (χ2n) is 7.12. The van der Waals surface area contributed by atoms with Crippen LogP contribution in [0.3, 0.4) is 0 Å². The van der Waals surface area contributed by atoms with Gasteiger partial charge in [-0.25, -0.2) is 0 Å². The van der Waals surface area contributed by atoms with Gasteiger partial charge in [0.25, 0.3) is 0 Å². The van der Waals surface area contributed by atoms with Crippen molar-refractivity contribution in [3.8, 4) is 0 Å². The fourth-order valence-electron chi connectivity index (χ4n) is 3.02. The molecule has 0 amide bonds. The first-order valence-electron chi connectivity index (χ1n) is 5.92. The van der Waals surface area contributed by atoms with Crippen LogP contribution in [0.2, 0.25) is 0 Å². The molecule has 4 N–H and O–H groups in total. The summed E-state index contributed by atoms with van der Waals surface area (Å²) in [4.78, 5) is 0. The standard InChI is InChI=1S/C12H27OP.Mo.2H2O2.O/c1-10(2,3)14(13,11(4,5)6)12(7,8)9;;2*1-2;/h1-9H3;;2*1-2H;. The molecule has 0 unspecified atom stereocenters. The van der Waals surface area contributed by atoms with Gasteiger partial charge in [0.15, 0.2) is 0 Å². The van der Waals surface area contributed by atoms with Gasteiger partial charge in [0, 0.05) is 15.5 Å². The Morgan fingerprint density at radius 1 is 0.600 bits per heavy atom. The van der Waals surface area contributed by atoms with Crippen molar-refractivity contribution in [2.24, 2.45) is 0 Å². The molecule has 20 heavy (non-hydrogen) atoms. The van der Waals surface area contributed by atoms with Crippen molar-refractivity contribution in [1.29, 1.82) is 0 Å². The molecule has 0 bridgehead atoms. The van der Waals surface area contributed by atoms with E-state index in [-0.39, 0.29) is 15.5 Å². The Labute approximate surface area is 134 Å². The van der Waals surface area contributed by atoms with E-state index in [1.54, 1.807) is 0 Å². The molecule has 0 aliphatic carbocycles. The zero-order valence-corrected chi connectivity index (χ0v) is 16.9. The van der Waals surface area contributed by atoms with E-state index >= 15 is 0 Å². The molecule has 0 aromatic rings. The maximum absolute atomic E-state index is 13.3. The maximum atomic E-state index is 13.3. The Morgan fingerprint density at radius 2 is 0.700 bits per heavy atom. The van der Waals surface area contributed by atoms with Crippen LogP contribution < -0.4 is 0 Å². The Hall–Kier alpha value is 0.558. The van der Waals surface area contributed by atoms with E-state index in [1.165, 1.54) is 0 Å². The molecule has 0 saturated carbocycles. The second-order valence-corrected chi connectivity index (χ2v) is 12.4. The first kappa shape index (κ1) is 28.7. The monoisotopic (exact) mass is 400 g/mol. The fourth-order valence-corrected chi connectivity index (χ4v) is 9.06. The number of hydrogen-bond acceptors (Lipinski definition) is 6. The molecule has 0 saturated heterocycles. The van der Waals surface area contributed by atoms with Gasteiger partial charge in [-0.15, -0.1) is 0 Å². The Bertz CT molecular complexity index is 232. The Kier molecular flexibility index (Phi) is 16.0. The van der Waals surface area contributed by atoms with Crippen LogP contribution in [0.5, 0.6) is 0 Å². The normalized spacial score (nSPS) is 11.8. The summed E-state index contributed by atoms with van der Waals surface area (Å²) in [5, 5.41) is 23.6. The van der Waals surface area contributed by atoms with Crippen molar-refractivity contribution in [2.45, 2.75) is 77.8 Å². The van der Waals surface area contributed by atoms with Crippen LogP contribution in [0.15, 0.2) is 0 Å². The SMILES string of the molecule is CC(C)(C)P(=O)(C(C)(C)C)C(C)(C)C.OO.OO.[O]=[Mo]. The van der Waals surface area contributed by atoms with Crippen molar-refractivity contribution in [1.82, 2.24) is 0 Å². The van der Waals surface area contributed by atoms with Gasteiger partial charge in [-0.2, -0.15) is 0 Å². The van der Waals surface area contributed by atoms with Gasteiger partial charge in [0.2, 0.25) is 0 Å². The van der Waals surface area contributed by atoms with Gasteiger partial charge in [-0.3, -0.25) is 21.0 Å². The van der Waals surface area contributed by atoms with Crippen LogP contribution in [0.1, 0.15) is 62.3 Å². The van der Waals surface area contributed by atoms with E-state index < -0.39 is 7.14 Å². The van der Waals surface area contributed by atoms with Gasteiger partial charge in [0.05, 0.1) is 0 Å². The van der Waals surface area contributed by atoms with Crippen LogP contribution >= 0.6 is 7.14 Å². The van der Waals surface area contributed by atoms with Gasteiger partial charge in [-0.1, -0.05) is 62.3 Å². The summed E-state index contributed by atoms with van der Waals surface area (Å²) >= 11 is 0.700. The molecule has 8 heteroatoms. The molecule has 0 spiro atoms. The average Bonchev–Trinajstić information content (AvgIpc) is 2.31. The molecule has 0 aliphatic rings. The quantitative estimate of drug-likeness (QED) is 0.204. The summed E-state index contributed by atoms with van der Waals surface area (Å²) in [6.45, 7) is 18.9. The third-order valence-electron chi connectivity index (χ3n) is 2.83. The summed E-state index contributed by atoms with van der Waals surface area (Å²) in [6.07, 6.45) is 0. The van der Waals surface area contributed by atoms with Crippen molar-refractivity contribution >= 4 is 7.14 Å². The molecule has 0 atom stereocenters. The molecule has 126 valence electrons. The third kappa shape index (κ3) is 7.53. The van der Waals surface area contributed by atoms with Crippen molar-refractivity contribution < 1.29 is 48.8 Å². The Balaban J connectivity index is -0.000000187. The molecule has 0 fully saturated rings. The molecular formula is C12H31MoO6P. The summed E-state index contributed by atoms with van der Waals surface area (Å²) in [5.41, 5.74) is 0. The van der Waals surface area contributed by atoms with Crippen molar-refractivity contribution in [3.05, 3.63) is 0 Å². The van der Waals surface area contributed by atoms with Crippen molar-refractivity contribution in [3.63, 3.8) is 0 Å². The summed E-state index contributed by atoms with van der Waals surface area (Å²) in [7, 11) is -2.27. The minimum atomic E-state index is -2.27. The van der Waals surface area contributed by atoms with Crippen LogP contribution in [-0.4, -0.2) is 36.5 Å². The van der Waals surface area contributed by atoms with E-state index in [0.717, 1.165) is 0 Å². The topological polar surface area (TPSA) is 115 Å². The van der Waals surface area contributed by atoms with Crippen LogP contribution in [0, 0.1) is 0 Å². The summed E-state index contributed by atoms with van der Waals surface area (Å²) in [6, 6.07) is 0. The summed E-state index contributed by atoms with van der Waals surface area (Å²) in [5.74, 6) is 0. The van der Waals surface area contributed by atoms with Crippen LogP contribution in [0.25, 0.3) is 0 Å². The van der Waals surface area contributed by atoms with Gasteiger partial charge in [0.1, 0.15) is 7.14 Å². The molecule has 6 nitrogen and oxygen atoms in total. The predicted octanol–water partition coefficient (Wildman–Crippen LogP) is 4.66. The number of rotatable bonds is 0. The van der Waals surface area contributed by atoms with Gasteiger partial charge in [-0.05, 0) is 0 Å². The van der Waals surface area contributed by atoms with Crippen LogP contribution in [0.4, 0.5) is 0 Å². The van der Waals surface area contributed by atoms with E-state index in [4.69, 9.17) is 24.4 Å². The predicted molar refractivity (Wildman–Crippen MR) is 78.1 cm³/mol. The zero-order valence-electron chi connectivity index (χ0n) is 14.0. The minimum absolute atomic E-state index is 0.122. The molecule has 0 heterocycles. The van der Waals surface area contributed by atoms with Crippen molar-refractivity contribution in [2.75, 3.05) is 0 Å². The zero-order chi connectivity index (χ0) is 18.0. The van der Waals surface area contributed by atoms with E-state index in [2.05, 4.69) is 62.3 Å². The first-order valence-corrected chi connectivity index (χ1v) is 8.45. The fraction of sp³-hybridized carbons (Fsp3) is 1.00. The number of hydrogen-bond donors (Lipinski definition) is 4. The second kappa shape index (κ2) is 11.2. The van der Waals surface area contributed by atoms with Gasteiger partial charge >= 0.3 is 23.2 Å². The average molecular weight is 398 g/mol. The molecular weight excluding hydrogens is 367 g/mol. The third-order valence-corrected chi connectivity index (χ3v) is 8.50. The van der Waals surface area contributed by atoms with E-state index in [0.29, 0.717) is 19.8 Å². The van der Waals surface area contributed by atoms with E-state index in [1.807, 2.05) is 0 Å². The van der Waals surface area contributed by atoms with Crippen LogP contribution in [-0.2, 0) is 27.7 Å². The molecule has 0 rings (SSSR count). The molecule has 0 radical (unpaired) electrons. The molecule has 0 aromatic heterocycles. The van der Waals surface area contributed by atoms with E-state index in [9.17, 15) is 4.57 Å². The first-order chi connectivity index (χ1) is 8.75.